The van der Waals surface area contributed by atoms with Crippen molar-refractivity contribution < 1.29 is 9.21 Å². The molecule has 0 radical (unpaired) electrons. The summed E-state index contributed by atoms with van der Waals surface area (Å²) in [5.41, 5.74) is 2.47. The van der Waals surface area contributed by atoms with Crippen LogP contribution in [0.25, 0.3) is 17.4 Å². The Balaban J connectivity index is 1.65. The van der Waals surface area contributed by atoms with Gasteiger partial charge in [-0.3, -0.25) is 9.69 Å². The number of carbonyl (C=O) groups excluding carboxylic acids is 1. The van der Waals surface area contributed by atoms with E-state index in [0.29, 0.717) is 36.4 Å². The highest BCUT2D eigenvalue weighted by Gasteiger charge is 2.34. The summed E-state index contributed by atoms with van der Waals surface area (Å²) in [6.07, 6.45) is 1.69. The van der Waals surface area contributed by atoms with Crippen LogP contribution in [-0.2, 0) is 4.79 Å². The molecule has 1 aromatic heterocycles. The molecule has 2 heterocycles. The van der Waals surface area contributed by atoms with E-state index in [-0.39, 0.29) is 5.91 Å². The number of aryl methyl sites for hydroxylation is 1. The van der Waals surface area contributed by atoms with Crippen LogP contribution in [-0.4, -0.2) is 10.2 Å². The van der Waals surface area contributed by atoms with E-state index in [1.807, 2.05) is 37.3 Å². The van der Waals surface area contributed by atoms with E-state index in [0.717, 1.165) is 11.3 Å². The molecule has 2 aromatic carbocycles. The van der Waals surface area contributed by atoms with E-state index in [1.54, 1.807) is 35.2 Å². The molecule has 1 amide bonds. The molecule has 3 aromatic rings. The van der Waals surface area contributed by atoms with Crippen molar-refractivity contribution in [2.24, 2.45) is 0 Å². The van der Waals surface area contributed by atoms with Gasteiger partial charge in [0.05, 0.1) is 20.6 Å². The predicted molar refractivity (Wildman–Crippen MR) is 121 cm³/mol. The first-order valence-corrected chi connectivity index (χ1v) is 10.3. The molecule has 1 aliphatic heterocycles. The second-order valence-corrected chi connectivity index (χ2v) is 8.57. The van der Waals surface area contributed by atoms with Crippen LogP contribution in [0.4, 0.5) is 5.69 Å². The van der Waals surface area contributed by atoms with Crippen molar-refractivity contribution in [1.29, 1.82) is 0 Å². The third-order valence-electron chi connectivity index (χ3n) is 4.27. The molecular formula is C21H13Cl2NO2S2. The maximum Gasteiger partial charge on any atom is 0.270 e. The maximum absolute atomic E-state index is 12.9. The fourth-order valence-electron chi connectivity index (χ4n) is 2.89. The van der Waals surface area contributed by atoms with Gasteiger partial charge < -0.3 is 4.42 Å². The van der Waals surface area contributed by atoms with Crippen molar-refractivity contribution in [2.75, 3.05) is 4.90 Å². The van der Waals surface area contributed by atoms with E-state index in [2.05, 4.69) is 0 Å². The molecule has 3 nitrogen and oxygen atoms in total. The van der Waals surface area contributed by atoms with Gasteiger partial charge in [-0.05, 0) is 42.8 Å². The number of anilines is 1. The van der Waals surface area contributed by atoms with Gasteiger partial charge in [-0.25, -0.2) is 0 Å². The summed E-state index contributed by atoms with van der Waals surface area (Å²) >= 11 is 19.0. The summed E-state index contributed by atoms with van der Waals surface area (Å²) in [5.74, 6) is 0.951. The van der Waals surface area contributed by atoms with Crippen molar-refractivity contribution >= 4 is 69.2 Å². The van der Waals surface area contributed by atoms with Gasteiger partial charge in [0.1, 0.15) is 11.5 Å². The minimum atomic E-state index is -0.164. The van der Waals surface area contributed by atoms with Crippen LogP contribution in [0, 0.1) is 6.92 Å². The standard InChI is InChI=1S/C21H13Cl2NO2S2/c1-12-5-2-3-8-16(12)24-20(25)18(28-21(24)27)11-13-9-10-17(26-13)14-6-4-7-15(22)19(14)23/h2-11H,1H3. The summed E-state index contributed by atoms with van der Waals surface area (Å²) in [5, 5.41) is 0.882. The van der Waals surface area contributed by atoms with E-state index < -0.39 is 0 Å². The number of para-hydroxylation sites is 1. The molecule has 1 fully saturated rings. The smallest absolute Gasteiger partial charge is 0.270 e. The topological polar surface area (TPSA) is 33.5 Å². The summed E-state index contributed by atoms with van der Waals surface area (Å²) in [6, 6.07) is 16.6. The quantitative estimate of drug-likeness (QED) is 0.321. The van der Waals surface area contributed by atoms with Crippen LogP contribution < -0.4 is 4.90 Å². The van der Waals surface area contributed by atoms with E-state index in [9.17, 15) is 4.79 Å². The SMILES string of the molecule is Cc1ccccc1N1C(=O)C(=Cc2ccc(-c3cccc(Cl)c3Cl)o2)SC1=S. The first-order valence-electron chi connectivity index (χ1n) is 8.33. The molecule has 4 rings (SSSR count). The lowest BCUT2D eigenvalue weighted by Gasteiger charge is -2.16. The molecule has 140 valence electrons. The number of amides is 1. The average molecular weight is 446 g/mol. The largest absolute Gasteiger partial charge is 0.457 e. The molecule has 0 unspecified atom stereocenters. The van der Waals surface area contributed by atoms with E-state index in [1.165, 1.54) is 11.8 Å². The second-order valence-electron chi connectivity index (χ2n) is 6.11. The molecule has 0 aliphatic carbocycles. The molecule has 0 saturated carbocycles. The zero-order valence-electron chi connectivity index (χ0n) is 14.6. The van der Waals surface area contributed by atoms with Gasteiger partial charge >= 0.3 is 0 Å². The summed E-state index contributed by atoms with van der Waals surface area (Å²) in [6.45, 7) is 1.95. The number of thioether (sulfide) groups is 1. The fraction of sp³-hybridized carbons (Fsp3) is 0.0476. The number of furan rings is 1. The predicted octanol–water partition coefficient (Wildman–Crippen LogP) is 6.97. The minimum Gasteiger partial charge on any atom is -0.457 e. The zero-order chi connectivity index (χ0) is 19.8. The summed E-state index contributed by atoms with van der Waals surface area (Å²) < 4.78 is 6.36. The van der Waals surface area contributed by atoms with Crippen molar-refractivity contribution in [3.63, 3.8) is 0 Å². The Morgan fingerprint density at radius 3 is 2.64 bits per heavy atom. The molecule has 0 bridgehead atoms. The Kier molecular flexibility index (Phi) is 5.34. The normalized spacial score (nSPS) is 15.7. The highest BCUT2D eigenvalue weighted by Crippen LogP contribution is 2.38. The third-order valence-corrected chi connectivity index (χ3v) is 6.39. The maximum atomic E-state index is 12.9. The number of benzene rings is 2. The van der Waals surface area contributed by atoms with Crippen LogP contribution in [0.3, 0.4) is 0 Å². The molecule has 0 N–H and O–H groups in total. The monoisotopic (exact) mass is 445 g/mol. The summed E-state index contributed by atoms with van der Waals surface area (Å²) in [7, 11) is 0. The average Bonchev–Trinajstić information content (AvgIpc) is 3.23. The van der Waals surface area contributed by atoms with Crippen molar-refractivity contribution in [3.8, 4) is 11.3 Å². The van der Waals surface area contributed by atoms with E-state index >= 15 is 0 Å². The van der Waals surface area contributed by atoms with Gasteiger partial charge in [-0.2, -0.15) is 0 Å². The van der Waals surface area contributed by atoms with Gasteiger partial charge in [0.2, 0.25) is 0 Å². The number of hydrogen-bond acceptors (Lipinski definition) is 4. The second kappa shape index (κ2) is 7.76. The van der Waals surface area contributed by atoms with Gasteiger partial charge in [-0.15, -0.1) is 0 Å². The first-order chi connectivity index (χ1) is 13.5. The molecule has 0 spiro atoms. The molecule has 7 heteroatoms. The molecule has 28 heavy (non-hydrogen) atoms. The van der Waals surface area contributed by atoms with Crippen LogP contribution in [0.15, 0.2) is 63.9 Å². The van der Waals surface area contributed by atoms with Crippen LogP contribution in [0.2, 0.25) is 10.0 Å². The lowest BCUT2D eigenvalue weighted by molar-refractivity contribution is -0.113. The number of nitrogens with zero attached hydrogens (tertiary/aromatic N) is 1. The Labute approximate surface area is 181 Å². The molecule has 1 saturated heterocycles. The fourth-order valence-corrected chi connectivity index (χ4v) is 4.55. The number of hydrogen-bond donors (Lipinski definition) is 0. The lowest BCUT2D eigenvalue weighted by Crippen LogP contribution is -2.28. The van der Waals surface area contributed by atoms with Crippen LogP contribution in [0.5, 0.6) is 0 Å². The molecule has 0 atom stereocenters. The first kappa shape index (κ1) is 19.3. The number of carbonyl (C=O) groups is 1. The highest BCUT2D eigenvalue weighted by molar-refractivity contribution is 8.27. The number of rotatable bonds is 3. The number of halogens is 2. The minimum absolute atomic E-state index is 0.164. The van der Waals surface area contributed by atoms with Crippen molar-refractivity contribution in [2.45, 2.75) is 6.92 Å². The van der Waals surface area contributed by atoms with Crippen molar-refractivity contribution in [3.05, 3.63) is 80.9 Å². The van der Waals surface area contributed by atoms with Gasteiger partial charge in [0.15, 0.2) is 4.32 Å². The zero-order valence-corrected chi connectivity index (χ0v) is 17.8. The number of thiocarbonyl (C=S) groups is 1. The lowest BCUT2D eigenvalue weighted by atomic mass is 10.2. The Hall–Kier alpha value is -2.05. The van der Waals surface area contributed by atoms with Crippen LogP contribution in [0.1, 0.15) is 11.3 Å². The van der Waals surface area contributed by atoms with Gasteiger partial charge in [-0.1, -0.05) is 71.4 Å². The van der Waals surface area contributed by atoms with Gasteiger partial charge in [0, 0.05) is 11.6 Å². The molecule has 1 aliphatic rings. The van der Waals surface area contributed by atoms with E-state index in [4.69, 9.17) is 39.8 Å². The Morgan fingerprint density at radius 1 is 1.07 bits per heavy atom. The Bertz CT molecular complexity index is 1140. The van der Waals surface area contributed by atoms with Crippen molar-refractivity contribution in [1.82, 2.24) is 0 Å². The van der Waals surface area contributed by atoms with Crippen LogP contribution >= 0.6 is 47.2 Å². The third kappa shape index (κ3) is 3.51. The summed E-state index contributed by atoms with van der Waals surface area (Å²) in [4.78, 5) is 15.0. The molecular weight excluding hydrogens is 433 g/mol. The highest BCUT2D eigenvalue weighted by atomic mass is 35.5. The van der Waals surface area contributed by atoms with Gasteiger partial charge in [0.25, 0.3) is 5.91 Å². The Morgan fingerprint density at radius 2 is 1.86 bits per heavy atom.